The van der Waals surface area contributed by atoms with Crippen LogP contribution < -0.4 is 0 Å². The third-order valence-corrected chi connectivity index (χ3v) is 4.06. The van der Waals surface area contributed by atoms with E-state index < -0.39 is 11.4 Å². The van der Waals surface area contributed by atoms with Crippen LogP contribution in [0.2, 0.25) is 0 Å². The summed E-state index contributed by atoms with van der Waals surface area (Å²) in [5, 5.41) is 13.5. The van der Waals surface area contributed by atoms with Gasteiger partial charge in [-0.3, -0.25) is 0 Å². The zero-order valence-corrected chi connectivity index (χ0v) is 12.9. The number of hydrogen-bond acceptors (Lipinski definition) is 5. The smallest absolute Gasteiger partial charge is 0.358 e. The molecule has 0 aliphatic carbocycles. The van der Waals surface area contributed by atoms with Crippen molar-refractivity contribution in [1.82, 2.24) is 9.78 Å². The molecule has 0 unspecified atom stereocenters. The maximum absolute atomic E-state index is 12.9. The molecule has 0 amide bonds. The summed E-state index contributed by atoms with van der Waals surface area (Å²) in [4.78, 5) is 12.1. The lowest BCUT2D eigenvalue weighted by molar-refractivity contribution is -0.00498. The van der Waals surface area contributed by atoms with Crippen molar-refractivity contribution in [1.29, 1.82) is 5.26 Å². The molecule has 7 heteroatoms. The summed E-state index contributed by atoms with van der Waals surface area (Å²) < 4.78 is 24.9. The molecule has 0 saturated carbocycles. The Morgan fingerprint density at radius 3 is 2.71 bits per heavy atom. The largest absolute Gasteiger partial charge is 0.459 e. The standard InChI is InChI=1S/C17H16FN3O3/c18-13-1-3-14(4-2-13)21-8-5-15(20-21)16(22)24-12-17(11-19)6-9-23-10-7-17/h1-5,8H,6-7,9-10,12H2. The van der Waals surface area contributed by atoms with Crippen LogP contribution in [0.25, 0.3) is 5.69 Å². The third-order valence-electron chi connectivity index (χ3n) is 4.06. The lowest BCUT2D eigenvalue weighted by Crippen LogP contribution is -2.33. The highest BCUT2D eigenvalue weighted by molar-refractivity contribution is 5.87. The highest BCUT2D eigenvalue weighted by Crippen LogP contribution is 2.30. The minimum Gasteiger partial charge on any atom is -0.459 e. The summed E-state index contributed by atoms with van der Waals surface area (Å²) in [6.07, 6.45) is 2.68. The number of benzene rings is 1. The number of hydrogen-bond donors (Lipinski definition) is 0. The molecule has 1 aromatic carbocycles. The molecule has 6 nitrogen and oxygen atoms in total. The second-order valence-corrected chi connectivity index (χ2v) is 5.70. The topological polar surface area (TPSA) is 77.1 Å². The summed E-state index contributed by atoms with van der Waals surface area (Å²) in [5.41, 5.74) is 0.0841. The second-order valence-electron chi connectivity index (χ2n) is 5.70. The van der Waals surface area contributed by atoms with Crippen LogP contribution in [0, 0.1) is 22.6 Å². The Morgan fingerprint density at radius 1 is 1.33 bits per heavy atom. The summed E-state index contributed by atoms with van der Waals surface area (Å²) in [5.74, 6) is -0.930. The number of nitrogens with zero attached hydrogens (tertiary/aromatic N) is 3. The number of rotatable bonds is 4. The van der Waals surface area contributed by atoms with Crippen molar-refractivity contribution in [3.05, 3.63) is 48.0 Å². The minimum atomic E-state index is -0.687. The van der Waals surface area contributed by atoms with Crippen molar-refractivity contribution in [3.8, 4) is 11.8 Å². The van der Waals surface area contributed by atoms with Gasteiger partial charge in [0.15, 0.2) is 5.69 Å². The van der Waals surface area contributed by atoms with Gasteiger partial charge in [-0.15, -0.1) is 0 Å². The van der Waals surface area contributed by atoms with Gasteiger partial charge in [-0.05, 0) is 43.2 Å². The van der Waals surface area contributed by atoms with Crippen LogP contribution in [0.5, 0.6) is 0 Å². The molecule has 0 bridgehead atoms. The molecule has 3 rings (SSSR count). The van der Waals surface area contributed by atoms with E-state index in [1.54, 1.807) is 18.3 Å². The number of halogens is 1. The van der Waals surface area contributed by atoms with Crippen LogP contribution in [-0.4, -0.2) is 35.6 Å². The summed E-state index contributed by atoms with van der Waals surface area (Å²) in [6.45, 7) is 1.00. The second kappa shape index (κ2) is 6.81. The number of carbonyl (C=O) groups is 1. The maximum Gasteiger partial charge on any atom is 0.358 e. The minimum absolute atomic E-state index is 0.0229. The van der Waals surface area contributed by atoms with E-state index in [4.69, 9.17) is 9.47 Å². The van der Waals surface area contributed by atoms with Crippen LogP contribution in [-0.2, 0) is 9.47 Å². The Kier molecular flexibility index (Phi) is 4.58. The van der Waals surface area contributed by atoms with E-state index >= 15 is 0 Å². The van der Waals surface area contributed by atoms with Crippen LogP contribution in [0.1, 0.15) is 23.3 Å². The molecule has 0 radical (unpaired) electrons. The highest BCUT2D eigenvalue weighted by Gasteiger charge is 2.34. The van der Waals surface area contributed by atoms with Crippen molar-refractivity contribution in [2.24, 2.45) is 5.41 Å². The van der Waals surface area contributed by atoms with Gasteiger partial charge in [0.2, 0.25) is 0 Å². The van der Waals surface area contributed by atoms with E-state index in [2.05, 4.69) is 11.2 Å². The first-order chi connectivity index (χ1) is 11.6. The van der Waals surface area contributed by atoms with Gasteiger partial charge in [-0.1, -0.05) is 0 Å². The zero-order valence-electron chi connectivity index (χ0n) is 12.9. The Labute approximate surface area is 138 Å². The zero-order chi connectivity index (χ0) is 17.0. The summed E-state index contributed by atoms with van der Waals surface area (Å²) >= 11 is 0. The molecular formula is C17H16FN3O3. The predicted octanol–water partition coefficient (Wildman–Crippen LogP) is 2.49. The van der Waals surface area contributed by atoms with Gasteiger partial charge >= 0.3 is 5.97 Å². The van der Waals surface area contributed by atoms with Gasteiger partial charge in [0.05, 0.1) is 17.2 Å². The molecule has 1 saturated heterocycles. The maximum atomic E-state index is 12.9. The molecule has 1 aliphatic rings. The molecule has 0 N–H and O–H groups in total. The quantitative estimate of drug-likeness (QED) is 0.805. The van der Waals surface area contributed by atoms with E-state index in [1.165, 1.54) is 22.9 Å². The molecule has 1 fully saturated rings. The average molecular weight is 329 g/mol. The van der Waals surface area contributed by atoms with Gasteiger partial charge in [0.1, 0.15) is 12.4 Å². The first-order valence-electron chi connectivity index (χ1n) is 7.60. The lowest BCUT2D eigenvalue weighted by atomic mass is 9.83. The van der Waals surface area contributed by atoms with Crippen molar-refractivity contribution in [2.45, 2.75) is 12.8 Å². The first kappa shape index (κ1) is 16.1. The molecular weight excluding hydrogens is 313 g/mol. The van der Waals surface area contributed by atoms with Crippen molar-refractivity contribution < 1.29 is 18.7 Å². The fraction of sp³-hybridized carbons (Fsp3) is 0.353. The third kappa shape index (κ3) is 3.44. The van der Waals surface area contributed by atoms with Gasteiger partial charge in [0.25, 0.3) is 0 Å². The molecule has 1 aliphatic heterocycles. The van der Waals surface area contributed by atoms with Crippen molar-refractivity contribution in [3.63, 3.8) is 0 Å². The van der Waals surface area contributed by atoms with Crippen LogP contribution in [0.15, 0.2) is 36.5 Å². The SMILES string of the molecule is N#CC1(COC(=O)c2ccn(-c3ccc(F)cc3)n2)CCOCC1. The van der Waals surface area contributed by atoms with Crippen molar-refractivity contribution >= 4 is 5.97 Å². The highest BCUT2D eigenvalue weighted by atomic mass is 19.1. The molecule has 0 spiro atoms. The molecule has 2 aromatic rings. The van der Waals surface area contributed by atoms with E-state index in [0.717, 1.165) is 0 Å². The Morgan fingerprint density at radius 2 is 2.04 bits per heavy atom. The molecule has 1 aromatic heterocycles. The molecule has 24 heavy (non-hydrogen) atoms. The fourth-order valence-electron chi connectivity index (χ4n) is 2.50. The van der Waals surface area contributed by atoms with E-state index in [0.29, 0.717) is 31.7 Å². The van der Waals surface area contributed by atoms with E-state index in [1.807, 2.05) is 0 Å². The average Bonchev–Trinajstić information content (AvgIpc) is 3.11. The number of carbonyl (C=O) groups excluding carboxylic acids is 1. The van der Waals surface area contributed by atoms with Gasteiger partial charge in [0, 0.05) is 19.4 Å². The fourth-order valence-corrected chi connectivity index (χ4v) is 2.50. The van der Waals surface area contributed by atoms with E-state index in [9.17, 15) is 14.4 Å². The van der Waals surface area contributed by atoms with Gasteiger partial charge in [-0.2, -0.15) is 10.4 Å². The normalized spacial score (nSPS) is 16.3. The number of nitriles is 1. The predicted molar refractivity (Wildman–Crippen MR) is 81.9 cm³/mol. The van der Waals surface area contributed by atoms with Crippen LogP contribution in [0.4, 0.5) is 4.39 Å². The van der Waals surface area contributed by atoms with Gasteiger partial charge in [-0.25, -0.2) is 13.9 Å². The summed E-state index contributed by atoms with van der Waals surface area (Å²) in [7, 11) is 0. The van der Waals surface area contributed by atoms with Crippen LogP contribution >= 0.6 is 0 Å². The Bertz CT molecular complexity index is 758. The number of esters is 1. The van der Waals surface area contributed by atoms with E-state index in [-0.39, 0.29) is 18.1 Å². The number of aromatic nitrogens is 2. The summed E-state index contributed by atoms with van der Waals surface area (Å²) in [6, 6.07) is 9.52. The molecule has 0 atom stereocenters. The first-order valence-corrected chi connectivity index (χ1v) is 7.60. The monoisotopic (exact) mass is 329 g/mol. The molecule has 124 valence electrons. The Balaban J connectivity index is 1.65. The molecule has 2 heterocycles. The Hall–Kier alpha value is -2.72. The number of ether oxygens (including phenoxy) is 2. The van der Waals surface area contributed by atoms with Crippen molar-refractivity contribution in [2.75, 3.05) is 19.8 Å². The lowest BCUT2D eigenvalue weighted by Gasteiger charge is -2.29. The van der Waals surface area contributed by atoms with Crippen LogP contribution in [0.3, 0.4) is 0 Å². The van der Waals surface area contributed by atoms with Gasteiger partial charge < -0.3 is 9.47 Å².